The summed E-state index contributed by atoms with van der Waals surface area (Å²) in [6, 6.07) is 7.17. The molecular weight excluding hydrogens is 536 g/mol. The zero-order valence-electron chi connectivity index (χ0n) is 23.4. The van der Waals surface area contributed by atoms with Crippen LogP contribution in [0.4, 0.5) is 5.82 Å². The molecular formula is C31H36N6O3S. The Morgan fingerprint density at radius 3 is 2.32 bits per heavy atom. The maximum absolute atomic E-state index is 13.3. The van der Waals surface area contributed by atoms with Gasteiger partial charge in [-0.15, -0.1) is 21.5 Å². The van der Waals surface area contributed by atoms with E-state index in [1.54, 1.807) is 18.3 Å². The first-order valence-electron chi connectivity index (χ1n) is 14.7. The summed E-state index contributed by atoms with van der Waals surface area (Å²) in [6.07, 6.45) is 11.1. The number of aromatic nitrogens is 3. The van der Waals surface area contributed by atoms with Crippen LogP contribution in [0.2, 0.25) is 0 Å². The molecule has 2 amide bonds. The Morgan fingerprint density at radius 2 is 1.68 bits per heavy atom. The Morgan fingerprint density at radius 1 is 0.976 bits per heavy atom. The van der Waals surface area contributed by atoms with Crippen molar-refractivity contribution < 1.29 is 14.7 Å². The maximum atomic E-state index is 13.3. The number of nitrogens with zero attached hydrogens (tertiary/aromatic N) is 6. The van der Waals surface area contributed by atoms with Crippen molar-refractivity contribution in [2.24, 2.45) is 23.2 Å². The van der Waals surface area contributed by atoms with Crippen LogP contribution in [0.5, 0.6) is 5.75 Å². The van der Waals surface area contributed by atoms with Crippen molar-refractivity contribution in [1.82, 2.24) is 25.0 Å². The van der Waals surface area contributed by atoms with Crippen LogP contribution in [-0.4, -0.2) is 81.7 Å². The molecule has 1 N–H and O–H groups in total. The standard InChI is InChI=1S/C31H36N6O3S/c1-35(19-31-13-20-8-21(14-31)10-22(9-20)15-31)29(39)26-2-3-28(34-33-26)36-4-6-37(7-5-36)30(40)27-12-24(18-41-27)23-11-25(38)17-32-16-23/h2-3,11-12,16-18,20-22,38H,4-10,13-15,19H2,1H3. The van der Waals surface area contributed by atoms with Gasteiger partial charge in [-0.3, -0.25) is 14.6 Å². The number of pyridine rings is 1. The average molecular weight is 573 g/mol. The van der Waals surface area contributed by atoms with Crippen molar-refractivity contribution in [3.8, 4) is 16.9 Å². The first kappa shape index (κ1) is 26.4. The monoisotopic (exact) mass is 572 g/mol. The van der Waals surface area contributed by atoms with Crippen molar-refractivity contribution in [3.63, 3.8) is 0 Å². The molecule has 0 aromatic carbocycles. The Hall–Kier alpha value is -3.53. The second-order valence-electron chi connectivity index (χ2n) is 12.8. The highest BCUT2D eigenvalue weighted by molar-refractivity contribution is 7.12. The molecule has 3 aromatic rings. The van der Waals surface area contributed by atoms with Gasteiger partial charge in [-0.25, -0.2) is 0 Å². The van der Waals surface area contributed by atoms with E-state index >= 15 is 0 Å². The highest BCUT2D eigenvalue weighted by atomic mass is 32.1. The molecule has 0 radical (unpaired) electrons. The minimum atomic E-state index is -0.0491. The molecule has 0 unspecified atom stereocenters. The van der Waals surface area contributed by atoms with E-state index in [0.717, 1.165) is 41.2 Å². The Balaban J connectivity index is 0.938. The summed E-state index contributed by atoms with van der Waals surface area (Å²) in [5.74, 6) is 3.38. The van der Waals surface area contributed by atoms with Crippen LogP contribution < -0.4 is 4.90 Å². The second kappa shape index (κ2) is 10.4. The normalized spacial score (nSPS) is 26.8. The van der Waals surface area contributed by atoms with Crippen LogP contribution in [0, 0.1) is 23.2 Å². The van der Waals surface area contributed by atoms with E-state index in [0.29, 0.717) is 42.2 Å². The summed E-state index contributed by atoms with van der Waals surface area (Å²) >= 11 is 1.40. The predicted octanol–water partition coefficient (Wildman–Crippen LogP) is 4.56. The van der Waals surface area contributed by atoms with Gasteiger partial charge in [0.15, 0.2) is 11.5 Å². The van der Waals surface area contributed by atoms with Crippen LogP contribution in [-0.2, 0) is 0 Å². The minimum absolute atomic E-state index is 0.00287. The van der Waals surface area contributed by atoms with Crippen LogP contribution in [0.15, 0.2) is 42.0 Å². The smallest absolute Gasteiger partial charge is 0.274 e. The fraction of sp³-hybridized carbons (Fsp3) is 0.516. The number of hydrogen-bond acceptors (Lipinski definition) is 8. The molecule has 214 valence electrons. The third-order valence-electron chi connectivity index (χ3n) is 9.71. The summed E-state index contributed by atoms with van der Waals surface area (Å²) in [5, 5.41) is 20.4. The molecule has 10 heteroatoms. The quantitative estimate of drug-likeness (QED) is 0.462. The minimum Gasteiger partial charge on any atom is -0.506 e. The van der Waals surface area contributed by atoms with E-state index in [-0.39, 0.29) is 17.6 Å². The number of aromatic hydroxyl groups is 1. The Kier molecular flexibility index (Phi) is 6.68. The van der Waals surface area contributed by atoms with Crippen LogP contribution >= 0.6 is 11.3 Å². The summed E-state index contributed by atoms with van der Waals surface area (Å²) in [4.78, 5) is 37.0. The third kappa shape index (κ3) is 5.18. The van der Waals surface area contributed by atoms with Crippen molar-refractivity contribution in [1.29, 1.82) is 0 Å². The number of piperazine rings is 1. The van der Waals surface area contributed by atoms with Gasteiger partial charge in [-0.2, -0.15) is 0 Å². The molecule has 41 heavy (non-hydrogen) atoms. The largest absolute Gasteiger partial charge is 0.506 e. The molecule has 8 rings (SSSR count). The average Bonchev–Trinajstić information content (AvgIpc) is 3.46. The highest BCUT2D eigenvalue weighted by Gasteiger charge is 2.51. The van der Waals surface area contributed by atoms with Crippen molar-refractivity contribution in [3.05, 3.63) is 52.6 Å². The van der Waals surface area contributed by atoms with Gasteiger partial charge in [0.1, 0.15) is 5.75 Å². The van der Waals surface area contributed by atoms with E-state index < -0.39 is 0 Å². The Labute approximate surface area is 244 Å². The summed E-state index contributed by atoms with van der Waals surface area (Å²) in [7, 11) is 1.92. The number of anilines is 1. The zero-order valence-corrected chi connectivity index (χ0v) is 24.2. The molecule has 4 bridgehead atoms. The molecule has 5 fully saturated rings. The molecule has 4 heterocycles. The van der Waals surface area contributed by atoms with Gasteiger partial charge in [0.2, 0.25) is 0 Å². The van der Waals surface area contributed by atoms with Gasteiger partial charge in [-0.05, 0) is 96.9 Å². The Bertz CT molecular complexity index is 1410. The lowest BCUT2D eigenvalue weighted by Gasteiger charge is -2.57. The lowest BCUT2D eigenvalue weighted by atomic mass is 9.49. The third-order valence-corrected chi connectivity index (χ3v) is 10.6. The van der Waals surface area contributed by atoms with Crippen LogP contribution in [0.25, 0.3) is 11.1 Å². The first-order valence-corrected chi connectivity index (χ1v) is 15.6. The number of hydrogen-bond donors (Lipinski definition) is 1. The number of amides is 2. The van der Waals surface area contributed by atoms with Crippen LogP contribution in [0.3, 0.4) is 0 Å². The predicted molar refractivity (Wildman–Crippen MR) is 157 cm³/mol. The molecule has 1 saturated heterocycles. The second-order valence-corrected chi connectivity index (χ2v) is 13.7. The summed E-state index contributed by atoms with van der Waals surface area (Å²) < 4.78 is 0. The number of carbonyl (C=O) groups excluding carboxylic acids is 2. The van der Waals surface area contributed by atoms with Gasteiger partial charge < -0.3 is 19.8 Å². The first-order chi connectivity index (χ1) is 19.8. The maximum Gasteiger partial charge on any atom is 0.274 e. The fourth-order valence-electron chi connectivity index (χ4n) is 8.34. The molecule has 9 nitrogen and oxygen atoms in total. The van der Waals surface area contributed by atoms with Gasteiger partial charge in [0.25, 0.3) is 11.8 Å². The van der Waals surface area contributed by atoms with Gasteiger partial charge in [0, 0.05) is 51.5 Å². The van der Waals surface area contributed by atoms with E-state index in [2.05, 4.69) is 20.1 Å². The number of rotatable bonds is 6. The van der Waals surface area contributed by atoms with E-state index in [1.807, 2.05) is 34.4 Å². The van der Waals surface area contributed by atoms with Gasteiger partial charge in [-0.1, -0.05) is 0 Å². The van der Waals surface area contributed by atoms with Crippen molar-refractivity contribution in [2.45, 2.75) is 38.5 Å². The SMILES string of the molecule is CN(CC12CC3CC(CC(C3)C1)C2)C(=O)c1ccc(N2CCN(C(=O)c3cc(-c4cncc(O)c4)cs3)CC2)nn1. The zero-order chi connectivity index (χ0) is 28.1. The molecule has 1 aliphatic heterocycles. The van der Waals surface area contributed by atoms with Gasteiger partial charge in [0.05, 0.1) is 11.1 Å². The molecule has 0 atom stereocenters. The van der Waals surface area contributed by atoms with Crippen molar-refractivity contribution >= 4 is 29.0 Å². The van der Waals surface area contributed by atoms with E-state index in [9.17, 15) is 14.7 Å². The highest BCUT2D eigenvalue weighted by Crippen LogP contribution is 2.60. The molecule has 4 aliphatic carbocycles. The van der Waals surface area contributed by atoms with Crippen LogP contribution in [0.1, 0.15) is 58.7 Å². The van der Waals surface area contributed by atoms with Crippen molar-refractivity contribution in [2.75, 3.05) is 44.7 Å². The van der Waals surface area contributed by atoms with E-state index in [1.165, 1.54) is 56.1 Å². The summed E-state index contributed by atoms with van der Waals surface area (Å²) in [6.45, 7) is 3.28. The lowest BCUT2D eigenvalue weighted by molar-refractivity contribution is -0.0629. The summed E-state index contributed by atoms with van der Waals surface area (Å²) in [5.41, 5.74) is 2.35. The molecule has 0 spiro atoms. The van der Waals surface area contributed by atoms with Gasteiger partial charge >= 0.3 is 0 Å². The molecule has 4 saturated carbocycles. The van der Waals surface area contributed by atoms with E-state index in [4.69, 9.17) is 0 Å². The fourth-order valence-corrected chi connectivity index (χ4v) is 9.22. The topological polar surface area (TPSA) is 103 Å². The number of thiophene rings is 1. The number of carbonyl (C=O) groups is 2. The molecule has 5 aliphatic rings. The molecule has 3 aromatic heterocycles. The lowest BCUT2D eigenvalue weighted by Crippen LogP contribution is -2.51.